The molecule has 34 heavy (non-hydrogen) atoms. The van der Waals surface area contributed by atoms with Crippen molar-refractivity contribution in [3.8, 4) is 11.1 Å². The molecule has 166 valence electrons. The third kappa shape index (κ3) is 3.45. The van der Waals surface area contributed by atoms with Crippen LogP contribution >= 0.6 is 0 Å². The van der Waals surface area contributed by atoms with E-state index in [2.05, 4.69) is 78.7 Å². The third-order valence-electron chi connectivity index (χ3n) is 6.15. The first-order valence-electron chi connectivity index (χ1n) is 11.0. The number of benzene rings is 2. The summed E-state index contributed by atoms with van der Waals surface area (Å²) in [6, 6.07) is 16.6. The first-order chi connectivity index (χ1) is 16.7. The second kappa shape index (κ2) is 8.08. The number of anilines is 1. The van der Waals surface area contributed by atoms with Crippen LogP contribution in [0.3, 0.4) is 0 Å². The van der Waals surface area contributed by atoms with E-state index in [4.69, 9.17) is 0 Å². The Morgan fingerprint density at radius 2 is 1.82 bits per heavy atom. The molecule has 8 nitrogen and oxygen atoms in total. The zero-order valence-corrected chi connectivity index (χ0v) is 18.8. The zero-order valence-electron chi connectivity index (χ0n) is 18.8. The van der Waals surface area contributed by atoms with Crippen LogP contribution in [0.4, 0.5) is 5.69 Å². The van der Waals surface area contributed by atoms with Crippen molar-refractivity contribution in [1.29, 1.82) is 0 Å². The molecule has 6 aromatic rings. The molecule has 0 aliphatic heterocycles. The van der Waals surface area contributed by atoms with Gasteiger partial charge in [-0.1, -0.05) is 23.4 Å². The number of hydrogen-bond acceptors (Lipinski definition) is 6. The predicted octanol–water partition coefficient (Wildman–Crippen LogP) is 4.51. The molecule has 0 radical (unpaired) electrons. The van der Waals surface area contributed by atoms with E-state index in [0.29, 0.717) is 0 Å². The van der Waals surface area contributed by atoms with Crippen molar-refractivity contribution >= 4 is 27.6 Å². The second-order valence-electron chi connectivity index (χ2n) is 8.29. The zero-order chi connectivity index (χ0) is 23.1. The Morgan fingerprint density at radius 1 is 0.912 bits per heavy atom. The minimum absolute atomic E-state index is 0.189. The highest BCUT2D eigenvalue weighted by molar-refractivity contribution is 5.97. The van der Waals surface area contributed by atoms with Gasteiger partial charge < -0.3 is 9.88 Å². The van der Waals surface area contributed by atoms with Crippen molar-refractivity contribution in [3.05, 3.63) is 97.0 Å². The summed E-state index contributed by atoms with van der Waals surface area (Å²) in [5.74, 6) is 0. The Balaban J connectivity index is 1.51. The van der Waals surface area contributed by atoms with E-state index in [-0.39, 0.29) is 6.04 Å². The molecular weight excluding hydrogens is 424 g/mol. The Bertz CT molecular complexity index is 1620. The van der Waals surface area contributed by atoms with Gasteiger partial charge in [-0.3, -0.25) is 15.0 Å². The fraction of sp³-hybridized carbons (Fsp3) is 0.115. The van der Waals surface area contributed by atoms with Crippen LogP contribution in [-0.4, -0.2) is 34.5 Å². The highest BCUT2D eigenvalue weighted by Gasteiger charge is 2.20. The summed E-state index contributed by atoms with van der Waals surface area (Å²) in [6.45, 7) is 0. The Labute approximate surface area is 195 Å². The molecule has 1 atom stereocenters. The molecule has 0 fully saturated rings. The molecule has 0 spiro atoms. The predicted molar refractivity (Wildman–Crippen MR) is 132 cm³/mol. The molecule has 0 aliphatic rings. The number of hydrogen-bond donors (Lipinski definition) is 1. The van der Waals surface area contributed by atoms with E-state index < -0.39 is 0 Å². The lowest BCUT2D eigenvalue weighted by Crippen LogP contribution is -2.16. The highest BCUT2D eigenvalue weighted by atomic mass is 15.4. The average Bonchev–Trinajstić information content (AvgIpc) is 3.47. The van der Waals surface area contributed by atoms with Crippen LogP contribution in [-0.2, 0) is 14.1 Å². The number of aromatic nitrogens is 7. The topological polar surface area (TPSA) is 86.3 Å². The maximum Gasteiger partial charge on any atom is 0.0968 e. The van der Waals surface area contributed by atoms with Crippen LogP contribution in [0.5, 0.6) is 0 Å². The third-order valence-corrected chi connectivity index (χ3v) is 6.15. The van der Waals surface area contributed by atoms with Gasteiger partial charge >= 0.3 is 0 Å². The molecule has 0 saturated heterocycles. The number of pyridine rings is 1. The molecule has 6 rings (SSSR count). The summed E-state index contributed by atoms with van der Waals surface area (Å²) < 4.78 is 3.90. The van der Waals surface area contributed by atoms with Gasteiger partial charge in [0.05, 0.1) is 29.0 Å². The molecular formula is C26H22N8. The van der Waals surface area contributed by atoms with Gasteiger partial charge in [-0.05, 0) is 46.8 Å². The van der Waals surface area contributed by atoms with Crippen molar-refractivity contribution in [3.63, 3.8) is 0 Å². The van der Waals surface area contributed by atoms with Crippen molar-refractivity contribution < 1.29 is 0 Å². The molecule has 4 heterocycles. The number of rotatable bonds is 5. The highest BCUT2D eigenvalue weighted by Crippen LogP contribution is 2.34. The van der Waals surface area contributed by atoms with E-state index in [1.165, 1.54) is 10.9 Å². The summed E-state index contributed by atoms with van der Waals surface area (Å²) in [6.07, 6.45) is 10.9. The van der Waals surface area contributed by atoms with Gasteiger partial charge in [0.25, 0.3) is 0 Å². The number of nitrogens with one attached hydrogen (secondary N) is 1. The molecule has 1 unspecified atom stereocenters. The normalized spacial score (nSPS) is 12.3. The standard InChI is InChI=1S/C26H22N8/c1-33-11-7-17-5-6-18(12-23(17)33)21-13-20(14-22-26(21)29-10-9-28-22)31-25(19-4-3-8-27-15-19)24-16-30-32-34(24)2/h3-16,25,31H,1-2H3. The van der Waals surface area contributed by atoms with Crippen LogP contribution in [0.2, 0.25) is 0 Å². The smallest absolute Gasteiger partial charge is 0.0968 e. The van der Waals surface area contributed by atoms with Crippen LogP contribution in [0.25, 0.3) is 33.1 Å². The molecule has 1 N–H and O–H groups in total. The van der Waals surface area contributed by atoms with Gasteiger partial charge in [0.1, 0.15) is 0 Å². The van der Waals surface area contributed by atoms with E-state index in [1.807, 2.05) is 31.4 Å². The maximum atomic E-state index is 4.66. The van der Waals surface area contributed by atoms with Crippen LogP contribution in [0, 0.1) is 0 Å². The van der Waals surface area contributed by atoms with E-state index in [0.717, 1.165) is 39.1 Å². The van der Waals surface area contributed by atoms with E-state index in [9.17, 15) is 0 Å². The van der Waals surface area contributed by atoms with Crippen LogP contribution in [0.1, 0.15) is 17.3 Å². The van der Waals surface area contributed by atoms with Crippen LogP contribution in [0.15, 0.2) is 85.7 Å². The monoisotopic (exact) mass is 446 g/mol. The minimum atomic E-state index is -0.189. The molecule has 0 amide bonds. The van der Waals surface area contributed by atoms with E-state index in [1.54, 1.807) is 29.5 Å². The lowest BCUT2D eigenvalue weighted by molar-refractivity contribution is 0.662. The van der Waals surface area contributed by atoms with Gasteiger partial charge in [-0.15, -0.1) is 5.10 Å². The maximum absolute atomic E-state index is 4.66. The van der Waals surface area contributed by atoms with Gasteiger partial charge in [-0.25, -0.2) is 4.68 Å². The summed E-state index contributed by atoms with van der Waals surface area (Å²) in [4.78, 5) is 13.6. The summed E-state index contributed by atoms with van der Waals surface area (Å²) in [5, 5.41) is 13.1. The van der Waals surface area contributed by atoms with Gasteiger partial charge in [0, 0.05) is 61.8 Å². The minimum Gasteiger partial charge on any atom is -0.373 e. The van der Waals surface area contributed by atoms with Gasteiger partial charge in [0.2, 0.25) is 0 Å². The molecule has 0 aliphatic carbocycles. The van der Waals surface area contributed by atoms with Crippen molar-refractivity contribution in [2.75, 3.05) is 5.32 Å². The van der Waals surface area contributed by atoms with Gasteiger partial charge in [0.15, 0.2) is 0 Å². The SMILES string of the molecule is Cn1nncc1C(Nc1cc(-c2ccc3ccn(C)c3c2)c2nccnc2c1)c1cccnc1. The summed E-state index contributed by atoms with van der Waals surface area (Å²) in [5.41, 5.74) is 7.82. The average molecular weight is 447 g/mol. The van der Waals surface area contributed by atoms with Crippen LogP contribution < -0.4 is 5.32 Å². The van der Waals surface area contributed by atoms with Crippen molar-refractivity contribution in [1.82, 2.24) is 34.5 Å². The molecule has 4 aromatic heterocycles. The number of fused-ring (bicyclic) bond motifs is 2. The largest absolute Gasteiger partial charge is 0.373 e. The van der Waals surface area contributed by atoms with Gasteiger partial charge in [-0.2, -0.15) is 0 Å². The fourth-order valence-electron chi connectivity index (χ4n) is 4.41. The first kappa shape index (κ1) is 20.0. The second-order valence-corrected chi connectivity index (χ2v) is 8.29. The fourth-order valence-corrected chi connectivity index (χ4v) is 4.41. The lowest BCUT2D eigenvalue weighted by Gasteiger charge is -2.21. The number of aryl methyl sites for hydroxylation is 2. The molecule has 0 saturated carbocycles. The molecule has 0 bridgehead atoms. The lowest BCUT2D eigenvalue weighted by atomic mass is 10.0. The number of nitrogens with zero attached hydrogens (tertiary/aromatic N) is 7. The Kier molecular flexibility index (Phi) is 4.76. The quantitative estimate of drug-likeness (QED) is 0.419. The van der Waals surface area contributed by atoms with E-state index >= 15 is 0 Å². The molecule has 8 heteroatoms. The van der Waals surface area contributed by atoms with Crippen molar-refractivity contribution in [2.45, 2.75) is 6.04 Å². The molecule has 2 aromatic carbocycles. The Hall–Kier alpha value is -4.59. The van der Waals surface area contributed by atoms with Crippen molar-refractivity contribution in [2.24, 2.45) is 14.1 Å². The first-order valence-corrected chi connectivity index (χ1v) is 11.0. The summed E-state index contributed by atoms with van der Waals surface area (Å²) >= 11 is 0. The Morgan fingerprint density at radius 3 is 2.65 bits per heavy atom. The summed E-state index contributed by atoms with van der Waals surface area (Å²) in [7, 11) is 3.95.